The number of hydrogen-bond donors (Lipinski definition) is 0. The van der Waals surface area contributed by atoms with E-state index in [0.29, 0.717) is 36.7 Å². The van der Waals surface area contributed by atoms with Crippen LogP contribution in [0.15, 0.2) is 65.2 Å². The number of ether oxygens (including phenoxy) is 1. The molecule has 26 heavy (non-hydrogen) atoms. The van der Waals surface area contributed by atoms with Crippen LogP contribution in [0.25, 0.3) is 11.3 Å². The van der Waals surface area contributed by atoms with E-state index in [1.54, 1.807) is 6.92 Å². The van der Waals surface area contributed by atoms with E-state index in [2.05, 4.69) is 5.16 Å². The fourth-order valence-electron chi connectivity index (χ4n) is 3.28. The van der Waals surface area contributed by atoms with Gasteiger partial charge in [0, 0.05) is 12.1 Å². The van der Waals surface area contributed by atoms with Crippen LogP contribution < -0.4 is 0 Å². The van der Waals surface area contributed by atoms with Crippen molar-refractivity contribution in [2.75, 3.05) is 19.7 Å². The van der Waals surface area contributed by atoms with E-state index in [9.17, 15) is 4.79 Å². The van der Waals surface area contributed by atoms with Crippen molar-refractivity contribution < 1.29 is 14.1 Å². The molecule has 0 aliphatic carbocycles. The van der Waals surface area contributed by atoms with Crippen LogP contribution in [0, 0.1) is 6.92 Å². The van der Waals surface area contributed by atoms with E-state index in [1.807, 2.05) is 65.6 Å². The lowest BCUT2D eigenvalue weighted by atomic mass is 10.0. The first kappa shape index (κ1) is 16.5. The number of hydrogen-bond acceptors (Lipinski definition) is 4. The number of nitrogens with zero attached hydrogens (tertiary/aromatic N) is 2. The fourth-order valence-corrected chi connectivity index (χ4v) is 3.28. The maximum Gasteiger partial charge on any atom is 0.259 e. The summed E-state index contributed by atoms with van der Waals surface area (Å²) in [5.74, 6) is 0.475. The maximum atomic E-state index is 13.2. The minimum Gasteiger partial charge on any atom is -0.370 e. The van der Waals surface area contributed by atoms with Crippen LogP contribution in [0.4, 0.5) is 0 Å². The van der Waals surface area contributed by atoms with Gasteiger partial charge in [0.25, 0.3) is 5.91 Å². The number of benzene rings is 2. The van der Waals surface area contributed by atoms with Gasteiger partial charge in [-0.25, -0.2) is 0 Å². The summed E-state index contributed by atoms with van der Waals surface area (Å²) in [7, 11) is 0. The lowest BCUT2D eigenvalue weighted by molar-refractivity contribution is -0.0228. The third-order valence-electron chi connectivity index (χ3n) is 4.65. The van der Waals surface area contributed by atoms with Gasteiger partial charge in [0.15, 0.2) is 0 Å². The van der Waals surface area contributed by atoms with Gasteiger partial charge in [-0.05, 0) is 12.5 Å². The molecule has 0 radical (unpaired) electrons. The molecule has 4 rings (SSSR count). The van der Waals surface area contributed by atoms with Gasteiger partial charge in [-0.2, -0.15) is 0 Å². The Hall–Kier alpha value is -2.92. The summed E-state index contributed by atoms with van der Waals surface area (Å²) in [4.78, 5) is 15.0. The third kappa shape index (κ3) is 3.13. The molecule has 0 saturated carbocycles. The molecule has 0 bridgehead atoms. The predicted molar refractivity (Wildman–Crippen MR) is 97.7 cm³/mol. The van der Waals surface area contributed by atoms with Crippen LogP contribution in [0.2, 0.25) is 0 Å². The van der Waals surface area contributed by atoms with E-state index in [1.165, 1.54) is 0 Å². The highest BCUT2D eigenvalue weighted by atomic mass is 16.5. The Morgan fingerprint density at radius 2 is 1.77 bits per heavy atom. The summed E-state index contributed by atoms with van der Waals surface area (Å²) in [6.45, 7) is 3.36. The average molecular weight is 348 g/mol. The molecule has 1 atom stereocenters. The molecule has 0 N–H and O–H groups in total. The molecule has 3 aromatic rings. The number of aromatic nitrogens is 1. The zero-order valence-electron chi connectivity index (χ0n) is 14.6. The second kappa shape index (κ2) is 7.14. The van der Waals surface area contributed by atoms with Gasteiger partial charge in [-0.1, -0.05) is 65.8 Å². The first-order chi connectivity index (χ1) is 12.7. The number of amides is 1. The molecule has 132 valence electrons. The molecule has 5 nitrogen and oxygen atoms in total. The van der Waals surface area contributed by atoms with Gasteiger partial charge in [0.05, 0.1) is 13.2 Å². The molecule has 0 spiro atoms. The Labute approximate surface area is 152 Å². The van der Waals surface area contributed by atoms with Crippen molar-refractivity contribution in [3.8, 4) is 11.3 Å². The van der Waals surface area contributed by atoms with E-state index in [0.717, 1.165) is 11.1 Å². The Balaban J connectivity index is 1.61. The zero-order valence-corrected chi connectivity index (χ0v) is 14.6. The second-order valence-electron chi connectivity index (χ2n) is 6.35. The van der Waals surface area contributed by atoms with Gasteiger partial charge >= 0.3 is 0 Å². The number of aryl methyl sites for hydroxylation is 1. The number of carbonyl (C=O) groups is 1. The molecular formula is C21H20N2O3. The molecule has 1 aromatic heterocycles. The van der Waals surface area contributed by atoms with Crippen LogP contribution in [-0.4, -0.2) is 35.7 Å². The van der Waals surface area contributed by atoms with E-state index in [-0.39, 0.29) is 12.0 Å². The van der Waals surface area contributed by atoms with Gasteiger partial charge in [-0.15, -0.1) is 0 Å². The van der Waals surface area contributed by atoms with Crippen molar-refractivity contribution in [1.29, 1.82) is 0 Å². The monoisotopic (exact) mass is 348 g/mol. The van der Waals surface area contributed by atoms with Crippen molar-refractivity contribution in [3.63, 3.8) is 0 Å². The topological polar surface area (TPSA) is 55.6 Å². The first-order valence-electron chi connectivity index (χ1n) is 8.71. The van der Waals surface area contributed by atoms with Crippen molar-refractivity contribution in [3.05, 3.63) is 77.6 Å². The van der Waals surface area contributed by atoms with E-state index >= 15 is 0 Å². The third-order valence-corrected chi connectivity index (χ3v) is 4.65. The van der Waals surface area contributed by atoms with Gasteiger partial charge in [0.2, 0.25) is 0 Å². The van der Waals surface area contributed by atoms with Crippen molar-refractivity contribution in [2.24, 2.45) is 0 Å². The molecule has 1 amide bonds. The standard InChI is InChI=1S/C21H20N2O3/c1-15-19(20(22-26-15)17-10-6-3-7-11-17)21(24)23-12-13-25-18(14-23)16-8-4-2-5-9-16/h2-11,18H,12-14H2,1H3. The second-order valence-corrected chi connectivity index (χ2v) is 6.35. The molecule has 1 fully saturated rings. The Morgan fingerprint density at radius 3 is 2.50 bits per heavy atom. The largest absolute Gasteiger partial charge is 0.370 e. The summed E-state index contributed by atoms with van der Waals surface area (Å²) in [5.41, 5.74) is 3.08. The Morgan fingerprint density at radius 1 is 1.08 bits per heavy atom. The minimum atomic E-state index is -0.116. The lowest BCUT2D eigenvalue weighted by Crippen LogP contribution is -2.42. The molecule has 2 aromatic carbocycles. The minimum absolute atomic E-state index is 0.0631. The molecule has 5 heteroatoms. The number of morpholine rings is 1. The molecule has 1 aliphatic heterocycles. The Kier molecular flexibility index (Phi) is 4.54. The van der Waals surface area contributed by atoms with E-state index in [4.69, 9.17) is 9.26 Å². The lowest BCUT2D eigenvalue weighted by Gasteiger charge is -2.33. The van der Waals surface area contributed by atoms with Crippen LogP contribution in [0.3, 0.4) is 0 Å². The molecule has 1 unspecified atom stereocenters. The quantitative estimate of drug-likeness (QED) is 0.721. The summed E-state index contributed by atoms with van der Waals surface area (Å²) in [5, 5.41) is 4.13. The predicted octanol–water partition coefficient (Wildman–Crippen LogP) is 3.86. The summed E-state index contributed by atoms with van der Waals surface area (Å²) >= 11 is 0. The van der Waals surface area contributed by atoms with Crippen LogP contribution in [-0.2, 0) is 4.74 Å². The summed E-state index contributed by atoms with van der Waals surface area (Å²) in [6, 6.07) is 19.6. The molecule has 1 aliphatic rings. The normalized spacial score (nSPS) is 17.3. The van der Waals surface area contributed by atoms with E-state index < -0.39 is 0 Å². The smallest absolute Gasteiger partial charge is 0.259 e. The van der Waals surface area contributed by atoms with Gasteiger partial charge in [0.1, 0.15) is 23.1 Å². The fraction of sp³-hybridized carbons (Fsp3) is 0.238. The SMILES string of the molecule is Cc1onc(-c2ccccc2)c1C(=O)N1CCOC(c2ccccc2)C1. The Bertz CT molecular complexity index is 890. The molecule has 1 saturated heterocycles. The highest BCUT2D eigenvalue weighted by Crippen LogP contribution is 2.29. The number of carbonyl (C=O) groups excluding carboxylic acids is 1. The molecular weight excluding hydrogens is 328 g/mol. The van der Waals surface area contributed by atoms with Crippen LogP contribution >= 0.6 is 0 Å². The highest BCUT2D eigenvalue weighted by Gasteiger charge is 2.30. The van der Waals surface area contributed by atoms with Crippen molar-refractivity contribution in [1.82, 2.24) is 10.1 Å². The number of rotatable bonds is 3. The summed E-state index contributed by atoms with van der Waals surface area (Å²) < 4.78 is 11.2. The van der Waals surface area contributed by atoms with Crippen molar-refractivity contribution >= 4 is 5.91 Å². The summed E-state index contributed by atoms with van der Waals surface area (Å²) in [6.07, 6.45) is -0.116. The zero-order chi connectivity index (χ0) is 17.9. The maximum absolute atomic E-state index is 13.2. The van der Waals surface area contributed by atoms with Gasteiger partial charge < -0.3 is 14.2 Å². The average Bonchev–Trinajstić information content (AvgIpc) is 3.10. The van der Waals surface area contributed by atoms with Gasteiger partial charge in [-0.3, -0.25) is 4.79 Å². The highest BCUT2D eigenvalue weighted by molar-refractivity contribution is 6.00. The first-order valence-corrected chi connectivity index (χ1v) is 8.71. The van der Waals surface area contributed by atoms with Crippen molar-refractivity contribution in [2.45, 2.75) is 13.0 Å². The molecule has 2 heterocycles. The van der Waals surface area contributed by atoms with Crippen LogP contribution in [0.1, 0.15) is 27.8 Å². The van der Waals surface area contributed by atoms with Crippen LogP contribution in [0.5, 0.6) is 0 Å².